The zero-order valence-corrected chi connectivity index (χ0v) is 20.5. The molecule has 3 aromatic rings. The van der Waals surface area contributed by atoms with Gasteiger partial charge in [-0.3, -0.25) is 0 Å². The van der Waals surface area contributed by atoms with Crippen LogP contribution in [0.5, 0.6) is 5.75 Å². The molecule has 2 N–H and O–H groups in total. The molecule has 31 heavy (non-hydrogen) atoms. The average molecular weight is 534 g/mol. The van der Waals surface area contributed by atoms with E-state index in [1.807, 2.05) is 36.4 Å². The van der Waals surface area contributed by atoms with Crippen molar-refractivity contribution in [2.24, 2.45) is 4.99 Å². The molecule has 3 rings (SSSR count). The molecule has 0 radical (unpaired) electrons. The van der Waals surface area contributed by atoms with Gasteiger partial charge in [-0.15, -0.1) is 34.2 Å². The van der Waals surface area contributed by atoms with Gasteiger partial charge in [0.25, 0.3) is 0 Å². The van der Waals surface area contributed by atoms with Gasteiger partial charge in [-0.25, -0.2) is 4.99 Å². The van der Waals surface area contributed by atoms with E-state index in [2.05, 4.69) is 57.4 Å². The fourth-order valence-corrected chi connectivity index (χ4v) is 3.05. The third-order valence-electron chi connectivity index (χ3n) is 4.62. The second kappa shape index (κ2) is 13.6. The van der Waals surface area contributed by atoms with Gasteiger partial charge in [0, 0.05) is 31.6 Å². The van der Waals surface area contributed by atoms with Crippen LogP contribution in [0.15, 0.2) is 65.9 Å². The molecule has 0 fully saturated rings. The lowest BCUT2D eigenvalue weighted by atomic mass is 10.2. The Morgan fingerprint density at radius 2 is 1.81 bits per heavy atom. The molecule has 0 atom stereocenters. The first kappa shape index (κ1) is 24.6. The lowest BCUT2D eigenvalue weighted by Gasteiger charge is -2.13. The van der Waals surface area contributed by atoms with E-state index in [9.17, 15) is 0 Å². The molecule has 1 heterocycles. The third kappa shape index (κ3) is 7.86. The van der Waals surface area contributed by atoms with Crippen LogP contribution in [0.2, 0.25) is 0 Å². The fourth-order valence-electron chi connectivity index (χ4n) is 3.05. The number of hydrogen-bond acceptors (Lipinski definition) is 4. The van der Waals surface area contributed by atoms with Gasteiger partial charge in [-0.1, -0.05) is 55.5 Å². The first-order valence-electron chi connectivity index (χ1n) is 10.4. The number of aryl methyl sites for hydroxylation is 1. The number of aliphatic imine (C=N–C) groups is 1. The second-order valence-electron chi connectivity index (χ2n) is 6.80. The minimum absolute atomic E-state index is 0. The summed E-state index contributed by atoms with van der Waals surface area (Å²) >= 11 is 0. The number of rotatable bonds is 10. The summed E-state index contributed by atoms with van der Waals surface area (Å²) in [6, 6.07) is 18.2. The fraction of sp³-hybridized carbons (Fsp3) is 0.348. The van der Waals surface area contributed by atoms with E-state index in [-0.39, 0.29) is 24.0 Å². The number of nitrogens with zero attached hydrogens (tertiary/aromatic N) is 4. The van der Waals surface area contributed by atoms with Gasteiger partial charge in [0.2, 0.25) is 0 Å². The number of hydrogen-bond donors (Lipinski definition) is 2. The van der Waals surface area contributed by atoms with Gasteiger partial charge < -0.3 is 19.9 Å². The van der Waals surface area contributed by atoms with Crippen molar-refractivity contribution in [1.29, 1.82) is 0 Å². The number of guanidine groups is 1. The van der Waals surface area contributed by atoms with E-state index in [1.54, 1.807) is 6.33 Å². The van der Waals surface area contributed by atoms with Crippen molar-refractivity contribution in [3.63, 3.8) is 0 Å². The Balaban J connectivity index is 0.00000341. The summed E-state index contributed by atoms with van der Waals surface area (Å²) in [5.74, 6) is 2.63. The van der Waals surface area contributed by atoms with E-state index in [4.69, 9.17) is 9.73 Å². The second-order valence-corrected chi connectivity index (χ2v) is 6.80. The number of halogens is 1. The number of benzene rings is 2. The molecule has 7 nitrogen and oxygen atoms in total. The zero-order valence-electron chi connectivity index (χ0n) is 18.1. The third-order valence-corrected chi connectivity index (χ3v) is 4.62. The van der Waals surface area contributed by atoms with Crippen LogP contribution < -0.4 is 15.4 Å². The summed E-state index contributed by atoms with van der Waals surface area (Å²) in [4.78, 5) is 4.73. The summed E-state index contributed by atoms with van der Waals surface area (Å²) < 4.78 is 8.10. The van der Waals surface area contributed by atoms with Crippen molar-refractivity contribution in [1.82, 2.24) is 25.4 Å². The molecule has 0 aliphatic heterocycles. The Hall–Kier alpha value is -2.62. The molecule has 0 aliphatic carbocycles. The minimum atomic E-state index is 0. The average Bonchev–Trinajstić information content (AvgIpc) is 3.25. The van der Waals surface area contributed by atoms with E-state index in [0.29, 0.717) is 13.2 Å². The molecule has 0 saturated carbocycles. The number of aromatic nitrogens is 3. The van der Waals surface area contributed by atoms with Crippen LogP contribution in [-0.2, 0) is 26.1 Å². The van der Waals surface area contributed by atoms with Gasteiger partial charge in [0.1, 0.15) is 24.5 Å². The van der Waals surface area contributed by atoms with Gasteiger partial charge in [0.05, 0.1) is 6.54 Å². The SMILES string of the molecule is CCNC(=NCc1ccccc1OCc1ccccc1)NCCn1cnnc1CC.I. The molecule has 0 amide bonds. The highest BCUT2D eigenvalue weighted by Crippen LogP contribution is 2.20. The predicted molar refractivity (Wildman–Crippen MR) is 135 cm³/mol. The molecule has 1 aromatic heterocycles. The van der Waals surface area contributed by atoms with E-state index in [0.717, 1.165) is 54.7 Å². The standard InChI is InChI=1S/C23H30N6O.HI/c1-3-22-28-27-18-29(22)15-14-25-23(24-4-2)26-16-20-12-8-9-13-21(20)30-17-19-10-6-5-7-11-19;/h5-13,18H,3-4,14-17H2,1-2H3,(H2,24,25,26);1H. The Morgan fingerprint density at radius 1 is 1.03 bits per heavy atom. The minimum Gasteiger partial charge on any atom is -0.489 e. The summed E-state index contributed by atoms with van der Waals surface area (Å²) in [6.45, 7) is 7.54. The number of para-hydroxylation sites is 1. The van der Waals surface area contributed by atoms with Crippen molar-refractivity contribution in [2.45, 2.75) is 40.0 Å². The van der Waals surface area contributed by atoms with Crippen molar-refractivity contribution in [3.05, 3.63) is 77.9 Å². The van der Waals surface area contributed by atoms with Gasteiger partial charge in [-0.2, -0.15) is 0 Å². The van der Waals surface area contributed by atoms with Gasteiger partial charge in [-0.05, 0) is 18.6 Å². The van der Waals surface area contributed by atoms with Crippen molar-refractivity contribution in [2.75, 3.05) is 13.1 Å². The lowest BCUT2D eigenvalue weighted by molar-refractivity contribution is 0.303. The highest BCUT2D eigenvalue weighted by atomic mass is 127. The smallest absolute Gasteiger partial charge is 0.191 e. The predicted octanol–water partition coefficient (Wildman–Crippen LogP) is 3.79. The normalized spacial score (nSPS) is 11.0. The largest absolute Gasteiger partial charge is 0.489 e. The Labute approximate surface area is 201 Å². The summed E-state index contributed by atoms with van der Waals surface area (Å²) in [7, 11) is 0. The molecule has 166 valence electrons. The van der Waals surface area contributed by atoms with E-state index in [1.165, 1.54) is 0 Å². The highest BCUT2D eigenvalue weighted by Gasteiger charge is 2.05. The number of ether oxygens (including phenoxy) is 1. The zero-order chi connectivity index (χ0) is 21.0. The van der Waals surface area contributed by atoms with Crippen molar-refractivity contribution in [3.8, 4) is 5.75 Å². The van der Waals surface area contributed by atoms with E-state index < -0.39 is 0 Å². The maximum absolute atomic E-state index is 6.04. The molecule has 0 unspecified atom stereocenters. The summed E-state index contributed by atoms with van der Waals surface area (Å²) in [5, 5.41) is 14.8. The monoisotopic (exact) mass is 534 g/mol. The van der Waals surface area contributed by atoms with Crippen LogP contribution in [0.4, 0.5) is 0 Å². The Kier molecular flexibility index (Phi) is 10.8. The maximum Gasteiger partial charge on any atom is 0.191 e. The van der Waals surface area contributed by atoms with Crippen LogP contribution in [0, 0.1) is 0 Å². The molecular formula is C23H31IN6O. The van der Waals surface area contributed by atoms with Crippen LogP contribution in [0.1, 0.15) is 30.8 Å². The summed E-state index contributed by atoms with van der Waals surface area (Å²) in [6.07, 6.45) is 2.64. The molecule has 2 aromatic carbocycles. The molecular weight excluding hydrogens is 503 g/mol. The maximum atomic E-state index is 6.04. The Bertz CT molecular complexity index is 929. The van der Waals surface area contributed by atoms with Crippen LogP contribution in [0.25, 0.3) is 0 Å². The molecule has 0 spiro atoms. The molecule has 0 bridgehead atoms. The highest BCUT2D eigenvalue weighted by molar-refractivity contribution is 14.0. The quantitative estimate of drug-likeness (QED) is 0.235. The topological polar surface area (TPSA) is 76.4 Å². The van der Waals surface area contributed by atoms with E-state index >= 15 is 0 Å². The van der Waals surface area contributed by atoms with Crippen molar-refractivity contribution >= 4 is 29.9 Å². The van der Waals surface area contributed by atoms with Gasteiger partial charge in [0.15, 0.2) is 5.96 Å². The molecule has 8 heteroatoms. The first-order valence-corrected chi connectivity index (χ1v) is 10.4. The molecule has 0 aliphatic rings. The summed E-state index contributed by atoms with van der Waals surface area (Å²) in [5.41, 5.74) is 2.20. The van der Waals surface area contributed by atoms with Crippen LogP contribution in [0.3, 0.4) is 0 Å². The van der Waals surface area contributed by atoms with Gasteiger partial charge >= 0.3 is 0 Å². The molecule has 0 saturated heterocycles. The first-order chi connectivity index (χ1) is 14.8. The Morgan fingerprint density at radius 3 is 2.58 bits per heavy atom. The number of nitrogens with one attached hydrogen (secondary N) is 2. The van der Waals surface area contributed by atoms with Crippen LogP contribution in [-0.4, -0.2) is 33.8 Å². The van der Waals surface area contributed by atoms with Crippen molar-refractivity contribution < 1.29 is 4.74 Å². The van der Waals surface area contributed by atoms with Crippen LogP contribution >= 0.6 is 24.0 Å². The lowest BCUT2D eigenvalue weighted by Crippen LogP contribution is -2.38.